The van der Waals surface area contributed by atoms with Gasteiger partial charge < -0.3 is 14.4 Å². The van der Waals surface area contributed by atoms with Gasteiger partial charge in [-0.3, -0.25) is 9.36 Å². The Hall–Kier alpha value is -1.54. The Bertz CT molecular complexity index is 543. The van der Waals surface area contributed by atoms with Gasteiger partial charge in [-0.1, -0.05) is 0 Å². The van der Waals surface area contributed by atoms with Gasteiger partial charge in [-0.05, 0) is 0 Å². The number of aromatic nitrogens is 2. The smallest absolute Gasteiger partial charge is 0.321 e. The number of morpholine rings is 1. The molecule has 1 spiro atoms. The minimum Gasteiger partial charge on any atom is -0.378 e. The zero-order valence-corrected chi connectivity index (χ0v) is 10.8. The molecule has 3 rings (SSSR count). The molecule has 0 amide bonds. The summed E-state index contributed by atoms with van der Waals surface area (Å²) in [6, 6.07) is 0. The number of anilines is 1. The molecule has 20 heavy (non-hydrogen) atoms. The summed E-state index contributed by atoms with van der Waals surface area (Å²) in [4.78, 5) is 17.7. The van der Waals surface area contributed by atoms with Crippen molar-refractivity contribution in [1.29, 1.82) is 0 Å². The Morgan fingerprint density at radius 1 is 1.40 bits per heavy atom. The fraction of sp³-hybridized carbons (Fsp3) is 0.667. The summed E-state index contributed by atoms with van der Waals surface area (Å²) in [5.41, 5.74) is -1.23. The molecule has 2 fully saturated rings. The van der Waals surface area contributed by atoms with Crippen molar-refractivity contribution in [2.75, 3.05) is 37.8 Å². The highest BCUT2D eigenvalue weighted by atomic mass is 19.3. The van der Waals surface area contributed by atoms with Crippen LogP contribution in [0, 0.1) is 0 Å². The van der Waals surface area contributed by atoms with Crippen LogP contribution in [0.15, 0.2) is 17.2 Å². The number of halogens is 2. The second kappa shape index (κ2) is 5.10. The van der Waals surface area contributed by atoms with Crippen molar-refractivity contribution in [3.63, 3.8) is 0 Å². The summed E-state index contributed by atoms with van der Waals surface area (Å²) >= 11 is 0. The maximum atomic E-state index is 12.7. The monoisotopic (exact) mass is 287 g/mol. The van der Waals surface area contributed by atoms with Crippen molar-refractivity contribution in [1.82, 2.24) is 9.55 Å². The van der Waals surface area contributed by atoms with Gasteiger partial charge in [0.15, 0.2) is 5.82 Å². The van der Waals surface area contributed by atoms with E-state index in [0.717, 1.165) is 12.6 Å². The number of hydrogen-bond donors (Lipinski definition) is 0. The lowest BCUT2D eigenvalue weighted by molar-refractivity contribution is -0.0582. The second-order valence-corrected chi connectivity index (χ2v) is 5.00. The summed E-state index contributed by atoms with van der Waals surface area (Å²) in [5, 5.41) is 0. The van der Waals surface area contributed by atoms with Gasteiger partial charge in [-0.25, -0.2) is 4.98 Å². The summed E-state index contributed by atoms with van der Waals surface area (Å²) in [5.74, 6) is 0.0439. The molecular formula is C12H15F2N3O3. The molecule has 0 radical (unpaired) electrons. The SMILES string of the molecule is O=c1c(N2CCOC3(CCOC3)C2)nccn1C(F)F. The molecule has 1 atom stereocenters. The van der Waals surface area contributed by atoms with E-state index in [4.69, 9.17) is 9.47 Å². The second-order valence-electron chi connectivity index (χ2n) is 5.00. The molecule has 2 saturated heterocycles. The molecule has 0 bridgehead atoms. The Morgan fingerprint density at radius 2 is 2.25 bits per heavy atom. The van der Waals surface area contributed by atoms with E-state index >= 15 is 0 Å². The maximum absolute atomic E-state index is 12.7. The normalized spacial score (nSPS) is 26.6. The molecule has 0 aliphatic carbocycles. The van der Waals surface area contributed by atoms with Gasteiger partial charge in [0.1, 0.15) is 5.60 Å². The molecule has 3 heterocycles. The van der Waals surface area contributed by atoms with E-state index < -0.39 is 17.7 Å². The first kappa shape index (κ1) is 13.4. The average Bonchev–Trinajstić information content (AvgIpc) is 2.86. The van der Waals surface area contributed by atoms with Crippen molar-refractivity contribution in [2.24, 2.45) is 0 Å². The number of nitrogens with zero attached hydrogens (tertiary/aromatic N) is 3. The maximum Gasteiger partial charge on any atom is 0.321 e. The van der Waals surface area contributed by atoms with E-state index in [-0.39, 0.29) is 5.82 Å². The van der Waals surface area contributed by atoms with Crippen LogP contribution in [0.25, 0.3) is 0 Å². The van der Waals surface area contributed by atoms with E-state index in [1.54, 1.807) is 4.90 Å². The number of rotatable bonds is 2. The van der Waals surface area contributed by atoms with E-state index in [9.17, 15) is 13.6 Å². The quantitative estimate of drug-likeness (QED) is 0.798. The van der Waals surface area contributed by atoms with Crippen LogP contribution in [0.2, 0.25) is 0 Å². The molecule has 1 aromatic heterocycles. The third-order valence-corrected chi connectivity index (χ3v) is 3.68. The highest BCUT2D eigenvalue weighted by molar-refractivity contribution is 5.37. The summed E-state index contributed by atoms with van der Waals surface area (Å²) in [6.07, 6.45) is 2.95. The Kier molecular flexibility index (Phi) is 3.43. The van der Waals surface area contributed by atoms with Gasteiger partial charge in [-0.2, -0.15) is 8.78 Å². The molecular weight excluding hydrogens is 272 g/mol. The van der Waals surface area contributed by atoms with E-state index in [2.05, 4.69) is 4.98 Å². The third-order valence-electron chi connectivity index (χ3n) is 3.68. The molecule has 0 aromatic carbocycles. The first-order chi connectivity index (χ1) is 9.61. The molecule has 2 aliphatic heterocycles. The van der Waals surface area contributed by atoms with Crippen LogP contribution in [0.4, 0.5) is 14.6 Å². The topological polar surface area (TPSA) is 56.6 Å². The van der Waals surface area contributed by atoms with E-state index in [1.165, 1.54) is 6.20 Å². The average molecular weight is 287 g/mol. The van der Waals surface area contributed by atoms with Gasteiger partial charge in [0.05, 0.1) is 19.8 Å². The number of hydrogen-bond acceptors (Lipinski definition) is 5. The standard InChI is InChI=1S/C12H15F2N3O3/c13-11(14)17-3-2-15-9(10(17)18)16-4-6-20-12(7-16)1-5-19-8-12/h2-3,11H,1,4-8H2. The van der Waals surface area contributed by atoms with Crippen LogP contribution < -0.4 is 10.5 Å². The van der Waals surface area contributed by atoms with Gasteiger partial charge in [0.25, 0.3) is 5.56 Å². The highest BCUT2D eigenvalue weighted by Crippen LogP contribution is 2.28. The first-order valence-corrected chi connectivity index (χ1v) is 6.43. The fourth-order valence-electron chi connectivity index (χ4n) is 2.64. The van der Waals surface area contributed by atoms with E-state index in [0.29, 0.717) is 37.5 Å². The number of ether oxygens (including phenoxy) is 2. The molecule has 6 nitrogen and oxygen atoms in total. The molecule has 1 aromatic rings. The van der Waals surface area contributed by atoms with Crippen molar-refractivity contribution in [3.05, 3.63) is 22.7 Å². The lowest BCUT2D eigenvalue weighted by Crippen LogP contribution is -2.54. The number of alkyl halides is 2. The Labute approximate surface area is 113 Å². The Balaban J connectivity index is 1.89. The van der Waals surface area contributed by atoms with Gasteiger partial charge in [0, 0.05) is 32.0 Å². The molecule has 2 aliphatic rings. The predicted octanol–water partition coefficient (Wildman–Crippen LogP) is 0.634. The molecule has 110 valence electrons. The lowest BCUT2D eigenvalue weighted by Gasteiger charge is -2.39. The predicted molar refractivity (Wildman–Crippen MR) is 66.1 cm³/mol. The molecule has 0 N–H and O–H groups in total. The van der Waals surface area contributed by atoms with Crippen LogP contribution in [0.5, 0.6) is 0 Å². The fourth-order valence-corrected chi connectivity index (χ4v) is 2.64. The summed E-state index contributed by atoms with van der Waals surface area (Å²) in [7, 11) is 0. The first-order valence-electron chi connectivity index (χ1n) is 6.43. The van der Waals surface area contributed by atoms with Crippen molar-refractivity contribution >= 4 is 5.82 Å². The minimum absolute atomic E-state index is 0.0439. The zero-order chi connectivity index (χ0) is 14.2. The third kappa shape index (κ3) is 2.29. The minimum atomic E-state index is -2.87. The lowest BCUT2D eigenvalue weighted by atomic mass is 10.0. The molecule has 1 unspecified atom stereocenters. The van der Waals surface area contributed by atoms with Crippen LogP contribution >= 0.6 is 0 Å². The largest absolute Gasteiger partial charge is 0.378 e. The summed E-state index contributed by atoms with van der Waals surface area (Å²) in [6.45, 7) is -0.487. The van der Waals surface area contributed by atoms with E-state index in [1.807, 2.05) is 0 Å². The zero-order valence-electron chi connectivity index (χ0n) is 10.8. The van der Waals surface area contributed by atoms with Crippen LogP contribution in [0.1, 0.15) is 13.0 Å². The van der Waals surface area contributed by atoms with Crippen LogP contribution in [-0.4, -0.2) is 48.1 Å². The molecule has 0 saturated carbocycles. The van der Waals surface area contributed by atoms with Gasteiger partial charge >= 0.3 is 6.55 Å². The van der Waals surface area contributed by atoms with Crippen molar-refractivity contribution < 1.29 is 18.3 Å². The van der Waals surface area contributed by atoms with Crippen LogP contribution in [-0.2, 0) is 9.47 Å². The Morgan fingerprint density at radius 3 is 2.95 bits per heavy atom. The van der Waals surface area contributed by atoms with Crippen molar-refractivity contribution in [2.45, 2.75) is 18.6 Å². The van der Waals surface area contributed by atoms with Crippen molar-refractivity contribution in [3.8, 4) is 0 Å². The van der Waals surface area contributed by atoms with Gasteiger partial charge in [0.2, 0.25) is 0 Å². The van der Waals surface area contributed by atoms with Gasteiger partial charge in [-0.15, -0.1) is 0 Å². The molecule has 8 heteroatoms. The highest BCUT2D eigenvalue weighted by Gasteiger charge is 2.41. The summed E-state index contributed by atoms with van der Waals surface area (Å²) < 4.78 is 37.0. The van der Waals surface area contributed by atoms with Crippen LogP contribution in [0.3, 0.4) is 0 Å².